The zero-order chi connectivity index (χ0) is 21.9. The highest BCUT2D eigenvalue weighted by Crippen LogP contribution is 2.25. The summed E-state index contributed by atoms with van der Waals surface area (Å²) >= 11 is 1.47. The third kappa shape index (κ3) is 4.13. The van der Waals surface area contributed by atoms with Gasteiger partial charge in [-0.15, -0.1) is 11.3 Å². The van der Waals surface area contributed by atoms with Crippen LogP contribution in [0, 0.1) is 6.92 Å². The highest BCUT2D eigenvalue weighted by molar-refractivity contribution is 7.09. The molecule has 0 radical (unpaired) electrons. The lowest BCUT2D eigenvalue weighted by atomic mass is 10.2. The number of carbonyl (C=O) groups is 1. The fourth-order valence-electron chi connectivity index (χ4n) is 3.95. The van der Waals surface area contributed by atoms with E-state index in [1.165, 1.54) is 17.0 Å². The van der Waals surface area contributed by atoms with Crippen molar-refractivity contribution in [3.8, 4) is 0 Å². The molecule has 4 aromatic rings. The van der Waals surface area contributed by atoms with Gasteiger partial charge in [0.15, 0.2) is 5.65 Å². The first-order chi connectivity index (χ1) is 15.7. The average Bonchev–Trinajstić information content (AvgIpc) is 3.46. The van der Waals surface area contributed by atoms with Gasteiger partial charge in [0.05, 0.1) is 23.1 Å². The minimum Gasteiger partial charge on any atom is -0.368 e. The van der Waals surface area contributed by atoms with Crippen molar-refractivity contribution in [3.63, 3.8) is 0 Å². The summed E-state index contributed by atoms with van der Waals surface area (Å²) in [7, 11) is 0. The summed E-state index contributed by atoms with van der Waals surface area (Å²) in [6, 6.07) is 10.5. The van der Waals surface area contributed by atoms with Gasteiger partial charge in [0.1, 0.15) is 17.8 Å². The molecule has 5 rings (SSSR count). The lowest BCUT2D eigenvalue weighted by Gasteiger charge is -2.36. The number of amides is 1. The largest absolute Gasteiger partial charge is 0.368 e. The summed E-state index contributed by atoms with van der Waals surface area (Å²) in [4.78, 5) is 30.1. The Labute approximate surface area is 189 Å². The summed E-state index contributed by atoms with van der Waals surface area (Å²) in [5, 5.41) is 11.0. The van der Waals surface area contributed by atoms with E-state index in [4.69, 9.17) is 0 Å². The number of carbonyl (C=O) groups excluding carboxylic acids is 1. The van der Waals surface area contributed by atoms with Crippen LogP contribution in [0.2, 0.25) is 0 Å². The Hall–Kier alpha value is -3.53. The summed E-state index contributed by atoms with van der Waals surface area (Å²) in [5.41, 5.74) is 2.49. The SMILES string of the molecule is Cc1nc(C(=O)NCCn2ncc3c(N4CCN(c5ccccc5)CC4)ncnc32)cs1. The molecule has 32 heavy (non-hydrogen) atoms. The molecule has 0 saturated carbocycles. The fourth-order valence-corrected chi connectivity index (χ4v) is 4.54. The first kappa shape index (κ1) is 20.4. The first-order valence-corrected chi connectivity index (χ1v) is 11.5. The minimum atomic E-state index is -0.169. The number of anilines is 2. The second kappa shape index (κ2) is 8.91. The number of benzene rings is 1. The van der Waals surface area contributed by atoms with Crippen LogP contribution in [0.4, 0.5) is 11.5 Å². The topological polar surface area (TPSA) is 92.1 Å². The van der Waals surface area contributed by atoms with Crippen molar-refractivity contribution in [1.82, 2.24) is 30.0 Å². The highest BCUT2D eigenvalue weighted by atomic mass is 32.1. The van der Waals surface area contributed by atoms with Crippen LogP contribution < -0.4 is 15.1 Å². The van der Waals surface area contributed by atoms with Crippen molar-refractivity contribution in [1.29, 1.82) is 0 Å². The van der Waals surface area contributed by atoms with Gasteiger partial charge in [0.25, 0.3) is 5.91 Å². The summed E-state index contributed by atoms with van der Waals surface area (Å²) in [6.07, 6.45) is 3.41. The van der Waals surface area contributed by atoms with Crippen molar-refractivity contribution in [2.24, 2.45) is 0 Å². The molecule has 1 aliphatic heterocycles. The third-order valence-corrected chi connectivity index (χ3v) is 6.35. The average molecular weight is 449 g/mol. The third-order valence-electron chi connectivity index (χ3n) is 5.57. The van der Waals surface area contributed by atoms with E-state index in [0.717, 1.165) is 48.0 Å². The van der Waals surface area contributed by atoms with E-state index in [1.807, 2.05) is 23.9 Å². The molecule has 4 heterocycles. The molecule has 0 unspecified atom stereocenters. The normalized spacial score (nSPS) is 14.2. The van der Waals surface area contributed by atoms with E-state index in [2.05, 4.69) is 59.4 Å². The molecule has 0 aliphatic carbocycles. The summed E-state index contributed by atoms with van der Waals surface area (Å²) < 4.78 is 1.81. The minimum absolute atomic E-state index is 0.169. The number of nitrogens with zero attached hydrogens (tertiary/aromatic N) is 7. The second-order valence-corrected chi connectivity index (χ2v) is 8.68. The van der Waals surface area contributed by atoms with E-state index < -0.39 is 0 Å². The van der Waals surface area contributed by atoms with Crippen molar-refractivity contribution in [2.45, 2.75) is 13.5 Å². The van der Waals surface area contributed by atoms with Crippen LogP contribution in [-0.2, 0) is 6.54 Å². The van der Waals surface area contributed by atoms with Gasteiger partial charge < -0.3 is 15.1 Å². The molecular weight excluding hydrogens is 424 g/mol. The molecule has 0 atom stereocenters. The Morgan fingerprint density at radius 2 is 1.88 bits per heavy atom. The molecule has 164 valence electrons. The van der Waals surface area contributed by atoms with E-state index in [-0.39, 0.29) is 5.91 Å². The van der Waals surface area contributed by atoms with Gasteiger partial charge in [-0.2, -0.15) is 5.10 Å². The molecule has 1 saturated heterocycles. The van der Waals surface area contributed by atoms with Gasteiger partial charge >= 0.3 is 0 Å². The van der Waals surface area contributed by atoms with Crippen LogP contribution in [0.25, 0.3) is 11.0 Å². The van der Waals surface area contributed by atoms with E-state index in [1.54, 1.807) is 11.7 Å². The Bertz CT molecular complexity index is 1210. The van der Waals surface area contributed by atoms with Crippen LogP contribution in [0.5, 0.6) is 0 Å². The number of piperazine rings is 1. The quantitative estimate of drug-likeness (QED) is 0.484. The molecule has 1 aromatic carbocycles. The molecule has 0 spiro atoms. The number of rotatable bonds is 6. The van der Waals surface area contributed by atoms with Crippen molar-refractivity contribution >= 4 is 39.8 Å². The maximum absolute atomic E-state index is 12.2. The van der Waals surface area contributed by atoms with Crippen molar-refractivity contribution in [2.75, 3.05) is 42.5 Å². The Balaban J connectivity index is 1.24. The lowest BCUT2D eigenvalue weighted by molar-refractivity contribution is 0.0947. The number of aromatic nitrogens is 5. The maximum Gasteiger partial charge on any atom is 0.270 e. The highest BCUT2D eigenvalue weighted by Gasteiger charge is 2.21. The number of aryl methyl sites for hydroxylation is 1. The van der Waals surface area contributed by atoms with E-state index in [9.17, 15) is 4.79 Å². The fraction of sp³-hybridized carbons (Fsp3) is 0.318. The predicted octanol–water partition coefficient (Wildman–Crippen LogP) is 2.35. The molecular formula is C22H24N8OS. The summed E-state index contributed by atoms with van der Waals surface area (Å²) in [6.45, 7) is 6.50. The van der Waals surface area contributed by atoms with Gasteiger partial charge in [-0.3, -0.25) is 4.79 Å². The van der Waals surface area contributed by atoms with Gasteiger partial charge in [-0.25, -0.2) is 19.6 Å². The van der Waals surface area contributed by atoms with E-state index >= 15 is 0 Å². The molecule has 1 amide bonds. The molecule has 1 fully saturated rings. The maximum atomic E-state index is 12.2. The lowest BCUT2D eigenvalue weighted by Crippen LogP contribution is -2.46. The van der Waals surface area contributed by atoms with Crippen LogP contribution >= 0.6 is 11.3 Å². The van der Waals surface area contributed by atoms with Crippen LogP contribution in [0.3, 0.4) is 0 Å². The Morgan fingerprint density at radius 1 is 1.09 bits per heavy atom. The van der Waals surface area contributed by atoms with E-state index in [0.29, 0.717) is 18.8 Å². The first-order valence-electron chi connectivity index (χ1n) is 10.6. The zero-order valence-corrected chi connectivity index (χ0v) is 18.6. The van der Waals surface area contributed by atoms with Gasteiger partial charge in [-0.05, 0) is 19.1 Å². The Kier molecular flexibility index (Phi) is 5.68. The molecule has 1 aliphatic rings. The number of nitrogens with one attached hydrogen (secondary N) is 1. The standard InChI is InChI=1S/C22H24N8OS/c1-16-27-19(14-32-16)22(31)23-7-8-30-21-18(13-26-30)20(24-15-25-21)29-11-9-28(10-12-29)17-5-3-2-4-6-17/h2-6,13-15H,7-12H2,1H3,(H,23,31). The van der Waals surface area contributed by atoms with Crippen LogP contribution in [-0.4, -0.2) is 63.4 Å². The molecule has 9 nitrogen and oxygen atoms in total. The van der Waals surface area contributed by atoms with Crippen LogP contribution in [0.1, 0.15) is 15.5 Å². The zero-order valence-electron chi connectivity index (χ0n) is 17.8. The molecule has 10 heteroatoms. The number of hydrogen-bond donors (Lipinski definition) is 1. The monoisotopic (exact) mass is 448 g/mol. The smallest absolute Gasteiger partial charge is 0.270 e. The van der Waals surface area contributed by atoms with Gasteiger partial charge in [0.2, 0.25) is 0 Å². The predicted molar refractivity (Wildman–Crippen MR) is 125 cm³/mol. The van der Waals surface area contributed by atoms with Gasteiger partial charge in [-0.1, -0.05) is 18.2 Å². The number of para-hydroxylation sites is 1. The number of fused-ring (bicyclic) bond motifs is 1. The molecule has 0 bridgehead atoms. The number of hydrogen-bond acceptors (Lipinski definition) is 8. The molecule has 3 aromatic heterocycles. The Morgan fingerprint density at radius 3 is 2.62 bits per heavy atom. The van der Waals surface area contributed by atoms with Crippen molar-refractivity contribution < 1.29 is 4.79 Å². The van der Waals surface area contributed by atoms with Crippen LogP contribution in [0.15, 0.2) is 48.2 Å². The van der Waals surface area contributed by atoms with Gasteiger partial charge in [0, 0.05) is 43.8 Å². The number of thiazole rings is 1. The summed E-state index contributed by atoms with van der Waals surface area (Å²) in [5.74, 6) is 0.744. The van der Waals surface area contributed by atoms with Crippen molar-refractivity contribution in [3.05, 3.63) is 58.9 Å². The second-order valence-electron chi connectivity index (χ2n) is 7.62. The molecule has 1 N–H and O–H groups in total.